The first-order valence-corrected chi connectivity index (χ1v) is 8.73. The fourth-order valence-electron chi connectivity index (χ4n) is 2.85. The highest BCUT2D eigenvalue weighted by molar-refractivity contribution is 5.94. The van der Waals surface area contributed by atoms with Gasteiger partial charge in [0.05, 0.1) is 6.42 Å². The molecule has 1 heterocycles. The molecule has 1 fully saturated rings. The van der Waals surface area contributed by atoms with Crippen LogP contribution in [-0.2, 0) is 27.3 Å². The number of ether oxygens (including phenoxy) is 1. The monoisotopic (exact) mass is 389 g/mol. The van der Waals surface area contributed by atoms with Crippen molar-refractivity contribution in [1.29, 1.82) is 0 Å². The number of hydrogen-bond donors (Lipinski definition) is 3. The number of amides is 2. The van der Waals surface area contributed by atoms with E-state index in [1.54, 1.807) is 12.1 Å². The molecular formula is C20H24ClN3O3. The highest BCUT2D eigenvalue weighted by Crippen LogP contribution is 2.16. The topological polar surface area (TPSA) is 93.5 Å². The number of nitrogens with two attached hydrogens (primary N) is 1. The lowest BCUT2D eigenvalue weighted by Gasteiger charge is -2.12. The summed E-state index contributed by atoms with van der Waals surface area (Å²) in [6, 6.07) is 14.7. The van der Waals surface area contributed by atoms with Crippen molar-refractivity contribution in [1.82, 2.24) is 5.32 Å². The van der Waals surface area contributed by atoms with E-state index in [9.17, 15) is 9.59 Å². The fourth-order valence-corrected chi connectivity index (χ4v) is 2.85. The second kappa shape index (κ2) is 9.94. The second-order valence-corrected chi connectivity index (χ2v) is 6.39. The summed E-state index contributed by atoms with van der Waals surface area (Å²) in [4.78, 5) is 24.2. The van der Waals surface area contributed by atoms with Crippen LogP contribution < -0.4 is 16.4 Å². The zero-order valence-corrected chi connectivity index (χ0v) is 15.8. The van der Waals surface area contributed by atoms with E-state index in [2.05, 4.69) is 10.6 Å². The predicted molar refractivity (Wildman–Crippen MR) is 108 cm³/mol. The van der Waals surface area contributed by atoms with Gasteiger partial charge in [0.2, 0.25) is 5.91 Å². The number of carbonyl (C=O) groups excluding carboxylic acids is 2. The number of anilines is 2. The molecule has 1 unspecified atom stereocenters. The highest BCUT2D eigenvalue weighted by atomic mass is 35.5. The number of hydrogen-bond acceptors (Lipinski definition) is 4. The van der Waals surface area contributed by atoms with Crippen molar-refractivity contribution in [2.75, 3.05) is 17.7 Å². The molecule has 2 aromatic carbocycles. The van der Waals surface area contributed by atoms with Gasteiger partial charge in [0.1, 0.15) is 6.10 Å². The van der Waals surface area contributed by atoms with Crippen molar-refractivity contribution in [2.24, 2.45) is 0 Å². The molecule has 0 radical (unpaired) electrons. The van der Waals surface area contributed by atoms with Gasteiger partial charge in [0.15, 0.2) is 0 Å². The van der Waals surface area contributed by atoms with Crippen LogP contribution in [0.5, 0.6) is 0 Å². The van der Waals surface area contributed by atoms with Gasteiger partial charge in [-0.05, 0) is 48.2 Å². The average molecular weight is 390 g/mol. The van der Waals surface area contributed by atoms with Crippen LogP contribution in [0.3, 0.4) is 0 Å². The summed E-state index contributed by atoms with van der Waals surface area (Å²) in [5.74, 6) is -0.185. The zero-order valence-electron chi connectivity index (χ0n) is 14.9. The molecule has 4 N–H and O–H groups in total. The molecular weight excluding hydrogens is 366 g/mol. The summed E-state index contributed by atoms with van der Waals surface area (Å²) >= 11 is 0. The number of nitrogens with one attached hydrogen (secondary N) is 2. The standard InChI is InChI=1S/C20H23N3O3.ClH/c21-16-8-6-14(7-9-16)12-19(24)22-13-15-3-1-4-17(11-15)23-20(25)18-5-2-10-26-18;/h1,3-4,6-9,11,18H,2,5,10,12-13,21H2,(H,22,24)(H,23,25);1H. The van der Waals surface area contributed by atoms with E-state index in [0.717, 1.165) is 24.0 Å². The second-order valence-electron chi connectivity index (χ2n) is 6.39. The largest absolute Gasteiger partial charge is 0.399 e. The Labute approximate surface area is 164 Å². The summed E-state index contributed by atoms with van der Waals surface area (Å²) in [6.07, 6.45) is 1.61. The third-order valence-corrected chi connectivity index (χ3v) is 4.25. The van der Waals surface area contributed by atoms with Crippen LogP contribution in [0.25, 0.3) is 0 Å². The Morgan fingerprint density at radius 3 is 2.59 bits per heavy atom. The molecule has 27 heavy (non-hydrogen) atoms. The number of halogens is 1. The molecule has 0 aliphatic carbocycles. The lowest BCUT2D eigenvalue weighted by molar-refractivity contribution is -0.124. The number of nitrogen functional groups attached to an aromatic ring is 1. The smallest absolute Gasteiger partial charge is 0.253 e. The predicted octanol–water partition coefficient (Wildman–Crippen LogP) is 2.67. The molecule has 1 saturated heterocycles. The van der Waals surface area contributed by atoms with Crippen LogP contribution in [0.4, 0.5) is 11.4 Å². The maximum atomic E-state index is 12.1. The van der Waals surface area contributed by atoms with Gasteiger partial charge in [-0.2, -0.15) is 0 Å². The van der Waals surface area contributed by atoms with Crippen LogP contribution in [0.2, 0.25) is 0 Å². The Bertz CT molecular complexity index is 774. The third-order valence-electron chi connectivity index (χ3n) is 4.25. The number of benzene rings is 2. The summed E-state index contributed by atoms with van der Waals surface area (Å²) in [6.45, 7) is 1.04. The SMILES string of the molecule is Cl.Nc1ccc(CC(=O)NCc2cccc(NC(=O)C3CCCO3)c2)cc1. The Hall–Kier alpha value is -2.57. The van der Waals surface area contributed by atoms with E-state index in [4.69, 9.17) is 10.5 Å². The normalized spacial score (nSPS) is 15.6. The molecule has 7 heteroatoms. The van der Waals surface area contributed by atoms with Crippen LogP contribution in [0, 0.1) is 0 Å². The van der Waals surface area contributed by atoms with E-state index >= 15 is 0 Å². The van der Waals surface area contributed by atoms with Crippen LogP contribution in [0.1, 0.15) is 24.0 Å². The van der Waals surface area contributed by atoms with E-state index < -0.39 is 0 Å². The van der Waals surface area contributed by atoms with Crippen molar-refractivity contribution in [3.05, 3.63) is 59.7 Å². The summed E-state index contributed by atoms with van der Waals surface area (Å²) < 4.78 is 5.38. The molecule has 1 aliphatic heterocycles. The molecule has 0 aromatic heterocycles. The summed E-state index contributed by atoms with van der Waals surface area (Å²) in [5, 5.41) is 5.76. The molecule has 1 atom stereocenters. The molecule has 0 spiro atoms. The van der Waals surface area contributed by atoms with Gasteiger partial charge in [-0.25, -0.2) is 0 Å². The third kappa shape index (κ3) is 6.27. The first kappa shape index (κ1) is 20.7. The first-order valence-electron chi connectivity index (χ1n) is 8.73. The first-order chi connectivity index (χ1) is 12.6. The van der Waals surface area contributed by atoms with Gasteiger partial charge >= 0.3 is 0 Å². The van der Waals surface area contributed by atoms with E-state index in [-0.39, 0.29) is 30.3 Å². The molecule has 6 nitrogen and oxygen atoms in total. The molecule has 0 bridgehead atoms. The van der Waals surface area contributed by atoms with Crippen LogP contribution in [-0.4, -0.2) is 24.5 Å². The van der Waals surface area contributed by atoms with Crippen LogP contribution >= 0.6 is 12.4 Å². The summed E-state index contributed by atoms with van der Waals surface area (Å²) in [7, 11) is 0. The Morgan fingerprint density at radius 2 is 1.89 bits per heavy atom. The average Bonchev–Trinajstić information content (AvgIpc) is 3.17. The van der Waals surface area contributed by atoms with Crippen molar-refractivity contribution >= 4 is 35.6 Å². The lowest BCUT2D eigenvalue weighted by Crippen LogP contribution is -2.27. The van der Waals surface area contributed by atoms with Gasteiger partial charge in [-0.1, -0.05) is 24.3 Å². The van der Waals surface area contributed by atoms with Gasteiger partial charge < -0.3 is 21.1 Å². The molecule has 2 aromatic rings. The highest BCUT2D eigenvalue weighted by Gasteiger charge is 2.23. The van der Waals surface area contributed by atoms with Gasteiger partial charge in [-0.3, -0.25) is 9.59 Å². The molecule has 3 rings (SSSR count). The van der Waals surface area contributed by atoms with Gasteiger partial charge in [-0.15, -0.1) is 12.4 Å². The molecule has 1 aliphatic rings. The lowest BCUT2D eigenvalue weighted by atomic mass is 10.1. The maximum absolute atomic E-state index is 12.1. The molecule has 0 saturated carbocycles. The minimum Gasteiger partial charge on any atom is -0.399 e. The molecule has 2 amide bonds. The Morgan fingerprint density at radius 1 is 1.11 bits per heavy atom. The van der Waals surface area contributed by atoms with Crippen molar-refractivity contribution in [2.45, 2.75) is 31.9 Å². The quantitative estimate of drug-likeness (QED) is 0.662. The van der Waals surface area contributed by atoms with Crippen LogP contribution in [0.15, 0.2) is 48.5 Å². The van der Waals surface area contributed by atoms with Crippen molar-refractivity contribution < 1.29 is 14.3 Å². The maximum Gasteiger partial charge on any atom is 0.253 e. The van der Waals surface area contributed by atoms with Gasteiger partial charge in [0, 0.05) is 24.5 Å². The molecule has 144 valence electrons. The van der Waals surface area contributed by atoms with Crippen molar-refractivity contribution in [3.8, 4) is 0 Å². The van der Waals surface area contributed by atoms with Crippen molar-refractivity contribution in [3.63, 3.8) is 0 Å². The fraction of sp³-hybridized carbons (Fsp3) is 0.300. The Balaban J connectivity index is 0.00000261. The van der Waals surface area contributed by atoms with Gasteiger partial charge in [0.25, 0.3) is 5.91 Å². The number of rotatable bonds is 6. The minimum absolute atomic E-state index is 0. The minimum atomic E-state index is -0.363. The Kier molecular flexibility index (Phi) is 7.64. The zero-order chi connectivity index (χ0) is 18.4. The summed E-state index contributed by atoms with van der Waals surface area (Å²) in [5.41, 5.74) is 8.85. The van der Waals surface area contributed by atoms with E-state index in [1.807, 2.05) is 36.4 Å². The number of carbonyl (C=O) groups is 2. The van der Waals surface area contributed by atoms with E-state index in [1.165, 1.54) is 0 Å². The van der Waals surface area contributed by atoms with E-state index in [0.29, 0.717) is 30.9 Å².